The fourth-order valence-corrected chi connectivity index (χ4v) is 4.47. The van der Waals surface area contributed by atoms with E-state index in [4.69, 9.17) is 4.42 Å². The molecule has 1 amide bonds. The van der Waals surface area contributed by atoms with Crippen molar-refractivity contribution in [2.24, 2.45) is 5.92 Å². The Balaban J connectivity index is 1.20. The lowest BCUT2D eigenvalue weighted by Gasteiger charge is -2.15. The Morgan fingerprint density at radius 2 is 1.81 bits per heavy atom. The minimum Gasteiger partial charge on any atom is -0.436 e. The molecule has 1 N–H and O–H groups in total. The molecule has 6 rings (SSSR count). The Bertz CT molecular complexity index is 1210. The third kappa shape index (κ3) is 3.50. The minimum absolute atomic E-state index is 0.222. The highest BCUT2D eigenvalue weighted by molar-refractivity contribution is 5.81. The van der Waals surface area contributed by atoms with Crippen molar-refractivity contribution < 1.29 is 9.21 Å². The number of oxazole rings is 1. The Labute approximate surface area is 179 Å². The van der Waals surface area contributed by atoms with Crippen LogP contribution in [0.25, 0.3) is 33.8 Å². The van der Waals surface area contributed by atoms with E-state index in [1.165, 1.54) is 0 Å². The molecule has 4 aromatic rings. The van der Waals surface area contributed by atoms with Crippen molar-refractivity contribution in [3.05, 3.63) is 54.7 Å². The van der Waals surface area contributed by atoms with Gasteiger partial charge in [0.1, 0.15) is 5.52 Å². The van der Waals surface area contributed by atoms with Gasteiger partial charge < -0.3 is 9.73 Å². The van der Waals surface area contributed by atoms with Gasteiger partial charge in [-0.1, -0.05) is 29.5 Å². The Morgan fingerprint density at radius 1 is 1.00 bits per heavy atom. The summed E-state index contributed by atoms with van der Waals surface area (Å²) in [4.78, 5) is 16.7. The monoisotopic (exact) mass is 413 g/mol. The normalized spacial score (nSPS) is 20.9. The molecule has 0 spiro atoms. The highest BCUT2D eigenvalue weighted by Gasteiger charge is 2.34. The number of para-hydroxylation sites is 2. The number of carbonyl (C=O) groups excluding carboxylic acids is 1. The maximum Gasteiger partial charge on any atom is 0.227 e. The van der Waals surface area contributed by atoms with Gasteiger partial charge in [-0.3, -0.25) is 4.79 Å². The van der Waals surface area contributed by atoms with Crippen molar-refractivity contribution in [3.63, 3.8) is 0 Å². The summed E-state index contributed by atoms with van der Waals surface area (Å²) in [5.41, 5.74) is 4.61. The lowest BCUT2D eigenvalue weighted by molar-refractivity contribution is -0.122. The molecule has 2 aliphatic rings. The molecule has 156 valence electrons. The van der Waals surface area contributed by atoms with Crippen LogP contribution in [0.5, 0.6) is 0 Å². The van der Waals surface area contributed by atoms with E-state index in [2.05, 4.69) is 32.7 Å². The zero-order valence-corrected chi connectivity index (χ0v) is 17.1. The average Bonchev–Trinajstić information content (AvgIpc) is 3.18. The molecule has 2 aromatic carbocycles. The van der Waals surface area contributed by atoms with Gasteiger partial charge in [-0.25, -0.2) is 9.67 Å². The summed E-state index contributed by atoms with van der Waals surface area (Å²) in [7, 11) is 0. The molecule has 2 saturated carbocycles. The second kappa shape index (κ2) is 7.34. The van der Waals surface area contributed by atoms with Gasteiger partial charge in [0, 0.05) is 23.1 Å². The van der Waals surface area contributed by atoms with Crippen molar-refractivity contribution >= 4 is 17.0 Å². The third-order valence-corrected chi connectivity index (χ3v) is 6.34. The summed E-state index contributed by atoms with van der Waals surface area (Å²) in [5.74, 6) is 1.09. The summed E-state index contributed by atoms with van der Waals surface area (Å²) in [6, 6.07) is 16.4. The van der Waals surface area contributed by atoms with Crippen LogP contribution in [0.3, 0.4) is 0 Å². The fourth-order valence-electron chi connectivity index (χ4n) is 4.47. The summed E-state index contributed by atoms with van der Waals surface area (Å²) >= 11 is 0. The van der Waals surface area contributed by atoms with Crippen molar-refractivity contribution in [2.45, 2.75) is 44.2 Å². The first-order chi connectivity index (χ1) is 15.2. The number of carbonyl (C=O) groups is 1. The van der Waals surface area contributed by atoms with Crippen LogP contribution in [0.2, 0.25) is 0 Å². The molecule has 0 aliphatic heterocycles. The van der Waals surface area contributed by atoms with Crippen LogP contribution in [0.4, 0.5) is 0 Å². The molecular formula is C24H23N5O2. The van der Waals surface area contributed by atoms with Crippen LogP contribution in [-0.4, -0.2) is 31.9 Å². The molecular weight excluding hydrogens is 390 g/mol. The van der Waals surface area contributed by atoms with Gasteiger partial charge in [0.05, 0.1) is 17.9 Å². The van der Waals surface area contributed by atoms with E-state index in [1.54, 1.807) is 0 Å². The zero-order valence-electron chi connectivity index (χ0n) is 17.1. The van der Waals surface area contributed by atoms with E-state index in [1.807, 2.05) is 47.3 Å². The number of aromatic nitrogens is 4. The number of amides is 1. The standard InChI is InChI=1S/C24H23N5O2/c30-23(16-7-8-16)26-18-11-12-19(13-18)29-21(14-25-28-29)15-5-9-17(10-6-15)24-27-20-3-1-2-4-22(20)31-24/h1-6,9-10,14,16,18-19H,7-8,11-13H2,(H,26,30)/t18-,19+/m0/s1. The topological polar surface area (TPSA) is 85.8 Å². The lowest BCUT2D eigenvalue weighted by atomic mass is 10.1. The van der Waals surface area contributed by atoms with Crippen molar-refractivity contribution in [3.8, 4) is 22.7 Å². The predicted molar refractivity (Wildman–Crippen MR) is 116 cm³/mol. The molecule has 2 fully saturated rings. The van der Waals surface area contributed by atoms with Crippen LogP contribution in [0.1, 0.15) is 38.1 Å². The van der Waals surface area contributed by atoms with E-state index in [0.717, 1.165) is 60.0 Å². The van der Waals surface area contributed by atoms with Gasteiger partial charge in [0.15, 0.2) is 5.58 Å². The molecule has 2 atom stereocenters. The Hall–Kier alpha value is -3.48. The van der Waals surface area contributed by atoms with Gasteiger partial charge in [0.25, 0.3) is 0 Å². The molecule has 31 heavy (non-hydrogen) atoms. The van der Waals surface area contributed by atoms with E-state index < -0.39 is 0 Å². The number of nitrogens with one attached hydrogen (secondary N) is 1. The average molecular weight is 413 g/mol. The van der Waals surface area contributed by atoms with Crippen molar-refractivity contribution in [2.75, 3.05) is 0 Å². The maximum atomic E-state index is 12.1. The van der Waals surface area contributed by atoms with Gasteiger partial charge in [-0.15, -0.1) is 5.10 Å². The summed E-state index contributed by atoms with van der Waals surface area (Å²) in [6.45, 7) is 0. The predicted octanol–water partition coefficient (Wildman–Crippen LogP) is 4.37. The summed E-state index contributed by atoms with van der Waals surface area (Å²) in [6.07, 6.45) is 6.76. The van der Waals surface area contributed by atoms with Crippen LogP contribution in [0.15, 0.2) is 59.1 Å². The van der Waals surface area contributed by atoms with E-state index in [0.29, 0.717) is 5.89 Å². The van der Waals surface area contributed by atoms with E-state index in [-0.39, 0.29) is 23.9 Å². The molecule has 2 aromatic heterocycles. The fraction of sp³-hybridized carbons (Fsp3) is 0.333. The minimum atomic E-state index is 0.222. The number of benzene rings is 2. The molecule has 7 nitrogen and oxygen atoms in total. The Kier molecular flexibility index (Phi) is 4.33. The maximum absolute atomic E-state index is 12.1. The molecule has 0 bridgehead atoms. The van der Waals surface area contributed by atoms with Gasteiger partial charge in [-0.05, 0) is 56.4 Å². The second-order valence-electron chi connectivity index (χ2n) is 8.57. The second-order valence-corrected chi connectivity index (χ2v) is 8.57. The number of hydrogen-bond acceptors (Lipinski definition) is 5. The first-order valence-corrected chi connectivity index (χ1v) is 10.9. The van der Waals surface area contributed by atoms with Crippen molar-refractivity contribution in [1.29, 1.82) is 0 Å². The van der Waals surface area contributed by atoms with E-state index in [9.17, 15) is 4.79 Å². The first-order valence-electron chi connectivity index (χ1n) is 10.9. The van der Waals surface area contributed by atoms with Gasteiger partial charge in [-0.2, -0.15) is 0 Å². The summed E-state index contributed by atoms with van der Waals surface area (Å²) in [5, 5.41) is 11.8. The number of hydrogen-bond donors (Lipinski definition) is 1. The molecule has 0 saturated heterocycles. The largest absolute Gasteiger partial charge is 0.436 e. The number of nitrogens with zero attached hydrogens (tertiary/aromatic N) is 4. The SMILES string of the molecule is O=C(N[C@H]1CC[C@@H](n2nncc2-c2ccc(-c3nc4ccccc4o3)cc2)C1)C1CC1. The van der Waals surface area contributed by atoms with E-state index >= 15 is 0 Å². The highest BCUT2D eigenvalue weighted by Crippen LogP contribution is 2.35. The molecule has 7 heteroatoms. The molecule has 0 radical (unpaired) electrons. The lowest BCUT2D eigenvalue weighted by Crippen LogP contribution is -2.34. The molecule has 0 unspecified atom stereocenters. The highest BCUT2D eigenvalue weighted by atomic mass is 16.3. The van der Waals surface area contributed by atoms with Crippen LogP contribution >= 0.6 is 0 Å². The van der Waals surface area contributed by atoms with Crippen LogP contribution < -0.4 is 5.32 Å². The van der Waals surface area contributed by atoms with Crippen molar-refractivity contribution in [1.82, 2.24) is 25.3 Å². The number of rotatable bonds is 5. The van der Waals surface area contributed by atoms with Crippen LogP contribution in [0, 0.1) is 5.92 Å². The number of fused-ring (bicyclic) bond motifs is 1. The first kappa shape index (κ1) is 18.3. The molecule has 2 aliphatic carbocycles. The quantitative estimate of drug-likeness (QED) is 0.525. The van der Waals surface area contributed by atoms with Gasteiger partial charge in [0.2, 0.25) is 11.8 Å². The van der Waals surface area contributed by atoms with Crippen LogP contribution in [-0.2, 0) is 4.79 Å². The smallest absolute Gasteiger partial charge is 0.227 e. The Morgan fingerprint density at radius 3 is 2.61 bits per heavy atom. The summed E-state index contributed by atoms with van der Waals surface area (Å²) < 4.78 is 7.89. The zero-order chi connectivity index (χ0) is 20.8. The third-order valence-electron chi connectivity index (χ3n) is 6.34. The van der Waals surface area contributed by atoms with Gasteiger partial charge >= 0.3 is 0 Å². The molecule has 2 heterocycles.